The molecular formula is C18H30N2O2. The highest BCUT2D eigenvalue weighted by Crippen LogP contribution is 2.17. The maximum absolute atomic E-state index is 12.2. The Morgan fingerprint density at radius 2 is 1.86 bits per heavy atom. The van der Waals surface area contributed by atoms with E-state index in [0.29, 0.717) is 6.54 Å². The van der Waals surface area contributed by atoms with Crippen molar-refractivity contribution in [2.24, 2.45) is 0 Å². The number of benzene rings is 1. The second kappa shape index (κ2) is 10.9. The van der Waals surface area contributed by atoms with E-state index in [-0.39, 0.29) is 5.91 Å². The molecule has 0 atom stereocenters. The van der Waals surface area contributed by atoms with Crippen LogP contribution in [0.2, 0.25) is 0 Å². The van der Waals surface area contributed by atoms with E-state index in [4.69, 9.17) is 4.74 Å². The average Bonchev–Trinajstić information content (AvgIpc) is 2.53. The van der Waals surface area contributed by atoms with Crippen LogP contribution in [-0.2, 0) is 4.79 Å². The standard InChI is InChI=1S/C18H30N2O2/c1-4-7-13-22-17-10-8-9-16(14-17)19-15-18(21)20(11-5-2)12-6-3/h8-10,14,19H,4-7,11-13,15H2,1-3H3. The number of amides is 1. The molecule has 0 aromatic heterocycles. The molecule has 0 saturated heterocycles. The van der Waals surface area contributed by atoms with E-state index in [1.807, 2.05) is 29.2 Å². The summed E-state index contributed by atoms with van der Waals surface area (Å²) in [5.41, 5.74) is 0.926. The topological polar surface area (TPSA) is 41.6 Å². The molecule has 0 aliphatic heterocycles. The smallest absolute Gasteiger partial charge is 0.241 e. The zero-order valence-corrected chi connectivity index (χ0v) is 14.2. The summed E-state index contributed by atoms with van der Waals surface area (Å²) in [6, 6.07) is 7.81. The highest BCUT2D eigenvalue weighted by atomic mass is 16.5. The second-order valence-corrected chi connectivity index (χ2v) is 5.46. The molecule has 0 radical (unpaired) electrons. The Morgan fingerprint density at radius 3 is 2.50 bits per heavy atom. The lowest BCUT2D eigenvalue weighted by atomic mass is 10.3. The molecule has 0 heterocycles. The van der Waals surface area contributed by atoms with E-state index in [2.05, 4.69) is 26.1 Å². The van der Waals surface area contributed by atoms with E-state index in [9.17, 15) is 4.79 Å². The van der Waals surface area contributed by atoms with Gasteiger partial charge in [0.1, 0.15) is 5.75 Å². The van der Waals surface area contributed by atoms with Crippen LogP contribution in [0.4, 0.5) is 5.69 Å². The maximum atomic E-state index is 12.2. The van der Waals surface area contributed by atoms with E-state index in [1.165, 1.54) is 0 Å². The van der Waals surface area contributed by atoms with Crippen molar-refractivity contribution in [2.75, 3.05) is 31.6 Å². The first-order chi connectivity index (χ1) is 10.7. The highest BCUT2D eigenvalue weighted by molar-refractivity contribution is 5.80. The fourth-order valence-electron chi connectivity index (χ4n) is 2.22. The molecule has 1 amide bonds. The van der Waals surface area contributed by atoms with Crippen molar-refractivity contribution in [3.63, 3.8) is 0 Å². The quantitative estimate of drug-likeness (QED) is 0.630. The summed E-state index contributed by atoms with van der Waals surface area (Å²) in [5, 5.41) is 3.20. The zero-order valence-electron chi connectivity index (χ0n) is 14.2. The van der Waals surface area contributed by atoms with E-state index < -0.39 is 0 Å². The van der Waals surface area contributed by atoms with Crippen LogP contribution in [0.3, 0.4) is 0 Å². The number of anilines is 1. The summed E-state index contributed by atoms with van der Waals surface area (Å²) in [7, 11) is 0. The lowest BCUT2D eigenvalue weighted by Crippen LogP contribution is -2.36. The SMILES string of the molecule is CCCCOc1cccc(NCC(=O)N(CCC)CCC)c1. The number of hydrogen-bond acceptors (Lipinski definition) is 3. The van der Waals surface area contributed by atoms with Crippen LogP contribution in [0.1, 0.15) is 46.5 Å². The molecule has 0 fully saturated rings. The fraction of sp³-hybridized carbons (Fsp3) is 0.611. The van der Waals surface area contributed by atoms with Crippen molar-refractivity contribution in [1.29, 1.82) is 0 Å². The fourth-order valence-corrected chi connectivity index (χ4v) is 2.22. The Kier molecular flexibility index (Phi) is 9.12. The number of carbonyl (C=O) groups excluding carboxylic acids is 1. The Morgan fingerprint density at radius 1 is 1.14 bits per heavy atom. The van der Waals surface area contributed by atoms with Gasteiger partial charge in [-0.1, -0.05) is 33.3 Å². The number of carbonyl (C=O) groups is 1. The molecule has 4 heteroatoms. The van der Waals surface area contributed by atoms with Crippen LogP contribution in [-0.4, -0.2) is 37.0 Å². The number of unbranched alkanes of at least 4 members (excludes halogenated alkanes) is 1. The molecule has 0 spiro atoms. The summed E-state index contributed by atoms with van der Waals surface area (Å²) < 4.78 is 5.68. The van der Waals surface area contributed by atoms with Crippen molar-refractivity contribution in [2.45, 2.75) is 46.5 Å². The van der Waals surface area contributed by atoms with Gasteiger partial charge in [0.2, 0.25) is 5.91 Å². The van der Waals surface area contributed by atoms with Crippen LogP contribution in [0.5, 0.6) is 5.75 Å². The van der Waals surface area contributed by atoms with Crippen LogP contribution in [0, 0.1) is 0 Å². The molecular weight excluding hydrogens is 276 g/mol. The van der Waals surface area contributed by atoms with Crippen LogP contribution >= 0.6 is 0 Å². The first-order valence-electron chi connectivity index (χ1n) is 8.45. The van der Waals surface area contributed by atoms with Gasteiger partial charge in [0.15, 0.2) is 0 Å². The van der Waals surface area contributed by atoms with Gasteiger partial charge in [-0.2, -0.15) is 0 Å². The van der Waals surface area contributed by atoms with Gasteiger partial charge in [0.05, 0.1) is 13.2 Å². The molecule has 4 nitrogen and oxygen atoms in total. The third kappa shape index (κ3) is 6.83. The van der Waals surface area contributed by atoms with Gasteiger partial charge >= 0.3 is 0 Å². The van der Waals surface area contributed by atoms with Gasteiger partial charge in [-0.15, -0.1) is 0 Å². The van der Waals surface area contributed by atoms with Crippen LogP contribution < -0.4 is 10.1 Å². The second-order valence-electron chi connectivity index (χ2n) is 5.46. The molecule has 0 saturated carbocycles. The van der Waals surface area contributed by atoms with Crippen molar-refractivity contribution in [3.8, 4) is 5.75 Å². The summed E-state index contributed by atoms with van der Waals surface area (Å²) >= 11 is 0. The predicted octanol–water partition coefficient (Wildman–Crippen LogP) is 3.93. The third-order valence-electron chi connectivity index (χ3n) is 3.38. The summed E-state index contributed by atoms with van der Waals surface area (Å²) in [6.07, 6.45) is 4.16. The Hall–Kier alpha value is -1.71. The first kappa shape index (κ1) is 18.3. The molecule has 0 bridgehead atoms. The predicted molar refractivity (Wildman–Crippen MR) is 92.5 cm³/mol. The van der Waals surface area contributed by atoms with E-state index in [0.717, 1.165) is 56.8 Å². The Balaban J connectivity index is 2.48. The van der Waals surface area contributed by atoms with Crippen molar-refractivity contribution in [3.05, 3.63) is 24.3 Å². The maximum Gasteiger partial charge on any atom is 0.241 e. The number of hydrogen-bond donors (Lipinski definition) is 1. The van der Waals surface area contributed by atoms with Gasteiger partial charge in [0, 0.05) is 24.8 Å². The molecule has 124 valence electrons. The van der Waals surface area contributed by atoms with Gasteiger partial charge in [-0.05, 0) is 31.4 Å². The molecule has 1 aromatic rings. The minimum Gasteiger partial charge on any atom is -0.494 e. The number of nitrogens with one attached hydrogen (secondary N) is 1. The first-order valence-corrected chi connectivity index (χ1v) is 8.45. The van der Waals surface area contributed by atoms with Gasteiger partial charge in [-0.3, -0.25) is 4.79 Å². The molecule has 22 heavy (non-hydrogen) atoms. The van der Waals surface area contributed by atoms with Crippen molar-refractivity contribution < 1.29 is 9.53 Å². The normalized spacial score (nSPS) is 10.3. The number of rotatable bonds is 11. The van der Waals surface area contributed by atoms with Crippen molar-refractivity contribution >= 4 is 11.6 Å². The van der Waals surface area contributed by atoms with Gasteiger partial charge in [0.25, 0.3) is 0 Å². The minimum atomic E-state index is 0.154. The van der Waals surface area contributed by atoms with E-state index in [1.54, 1.807) is 0 Å². The molecule has 1 rings (SSSR count). The van der Waals surface area contributed by atoms with E-state index >= 15 is 0 Å². The lowest BCUT2D eigenvalue weighted by Gasteiger charge is -2.22. The molecule has 0 unspecified atom stereocenters. The van der Waals surface area contributed by atoms with Crippen LogP contribution in [0.25, 0.3) is 0 Å². The minimum absolute atomic E-state index is 0.154. The summed E-state index contributed by atoms with van der Waals surface area (Å²) in [6.45, 7) is 9.06. The van der Waals surface area contributed by atoms with Crippen molar-refractivity contribution in [1.82, 2.24) is 4.90 Å². The average molecular weight is 306 g/mol. The highest BCUT2D eigenvalue weighted by Gasteiger charge is 2.11. The van der Waals surface area contributed by atoms with Gasteiger partial charge < -0.3 is 15.0 Å². The number of ether oxygens (including phenoxy) is 1. The zero-order chi connectivity index (χ0) is 16.2. The van der Waals surface area contributed by atoms with Gasteiger partial charge in [-0.25, -0.2) is 0 Å². The largest absolute Gasteiger partial charge is 0.494 e. The molecule has 0 aliphatic rings. The Bertz CT molecular complexity index is 429. The Labute approximate surface area is 134 Å². The summed E-state index contributed by atoms with van der Waals surface area (Å²) in [4.78, 5) is 14.1. The van der Waals surface area contributed by atoms with Crippen LogP contribution in [0.15, 0.2) is 24.3 Å². The lowest BCUT2D eigenvalue weighted by molar-refractivity contribution is -0.129. The molecule has 1 N–H and O–H groups in total. The number of nitrogens with zero attached hydrogens (tertiary/aromatic N) is 1. The molecule has 0 aliphatic carbocycles. The molecule has 1 aromatic carbocycles. The monoisotopic (exact) mass is 306 g/mol. The third-order valence-corrected chi connectivity index (χ3v) is 3.38. The summed E-state index contributed by atoms with van der Waals surface area (Å²) in [5.74, 6) is 1.01.